The molecule has 1 unspecified atom stereocenters. The number of hydrogen-bond acceptors (Lipinski definition) is 3. The van der Waals surface area contributed by atoms with E-state index in [-0.39, 0.29) is 18.3 Å². The molecule has 1 aliphatic heterocycles. The zero-order chi connectivity index (χ0) is 14.2. The Morgan fingerprint density at radius 1 is 1.38 bits per heavy atom. The lowest BCUT2D eigenvalue weighted by atomic mass is 10.1. The molecule has 2 N–H and O–H groups in total. The summed E-state index contributed by atoms with van der Waals surface area (Å²) in [6.45, 7) is 4.61. The maximum atomic E-state index is 11.9. The van der Waals surface area contributed by atoms with E-state index in [1.54, 1.807) is 0 Å². The van der Waals surface area contributed by atoms with Gasteiger partial charge >= 0.3 is 0 Å². The van der Waals surface area contributed by atoms with Crippen LogP contribution in [0.3, 0.4) is 0 Å². The first kappa shape index (κ1) is 17.8. The van der Waals surface area contributed by atoms with E-state index >= 15 is 0 Å². The van der Waals surface area contributed by atoms with Crippen LogP contribution in [0.15, 0.2) is 24.3 Å². The molecule has 2 rings (SSSR count). The maximum absolute atomic E-state index is 11.9. The molecule has 0 spiro atoms. The largest absolute Gasteiger partial charge is 0.494 e. The van der Waals surface area contributed by atoms with Crippen LogP contribution < -0.4 is 15.4 Å². The molecule has 0 radical (unpaired) electrons. The van der Waals surface area contributed by atoms with E-state index < -0.39 is 0 Å². The predicted molar refractivity (Wildman–Crippen MR) is 87.2 cm³/mol. The molecule has 0 bridgehead atoms. The highest BCUT2D eigenvalue weighted by Crippen LogP contribution is 2.13. The van der Waals surface area contributed by atoms with Crippen molar-refractivity contribution in [1.29, 1.82) is 0 Å². The van der Waals surface area contributed by atoms with Crippen molar-refractivity contribution in [2.75, 3.05) is 19.7 Å². The highest BCUT2D eigenvalue weighted by Gasteiger charge is 2.14. The highest BCUT2D eigenvalue weighted by molar-refractivity contribution is 5.85. The van der Waals surface area contributed by atoms with Crippen molar-refractivity contribution in [1.82, 2.24) is 10.6 Å². The van der Waals surface area contributed by atoms with Gasteiger partial charge in [-0.2, -0.15) is 0 Å². The van der Waals surface area contributed by atoms with Crippen molar-refractivity contribution in [2.45, 2.75) is 38.6 Å². The van der Waals surface area contributed by atoms with Crippen molar-refractivity contribution < 1.29 is 9.53 Å². The number of hydrogen-bond donors (Lipinski definition) is 2. The van der Waals surface area contributed by atoms with E-state index in [2.05, 4.69) is 10.6 Å². The third-order valence-electron chi connectivity index (χ3n) is 3.54. The molecule has 1 heterocycles. The Labute approximate surface area is 133 Å². The van der Waals surface area contributed by atoms with E-state index in [0.717, 1.165) is 38.1 Å². The number of benzene rings is 1. The van der Waals surface area contributed by atoms with E-state index in [1.807, 2.05) is 31.2 Å². The first-order valence-corrected chi connectivity index (χ1v) is 7.49. The minimum Gasteiger partial charge on any atom is -0.494 e. The van der Waals surface area contributed by atoms with Gasteiger partial charge in [-0.1, -0.05) is 12.1 Å². The second-order valence-electron chi connectivity index (χ2n) is 5.19. The molecule has 1 atom stereocenters. The Morgan fingerprint density at radius 3 is 2.76 bits per heavy atom. The summed E-state index contributed by atoms with van der Waals surface area (Å²) in [5.74, 6) is 1.03. The summed E-state index contributed by atoms with van der Waals surface area (Å²) in [6, 6.07) is 8.28. The van der Waals surface area contributed by atoms with Crippen molar-refractivity contribution in [3.8, 4) is 5.75 Å². The lowest BCUT2D eigenvalue weighted by molar-refractivity contribution is -0.121. The van der Waals surface area contributed by atoms with Crippen LogP contribution in [0, 0.1) is 0 Å². The van der Waals surface area contributed by atoms with E-state index in [9.17, 15) is 4.79 Å². The number of ether oxygens (including phenoxy) is 1. The average molecular weight is 313 g/mol. The molecule has 4 nitrogen and oxygen atoms in total. The Kier molecular flexibility index (Phi) is 8.16. The van der Waals surface area contributed by atoms with E-state index in [0.29, 0.717) is 19.1 Å². The van der Waals surface area contributed by atoms with Crippen LogP contribution in [-0.2, 0) is 11.2 Å². The van der Waals surface area contributed by atoms with Crippen LogP contribution in [-0.4, -0.2) is 31.6 Å². The number of carbonyl (C=O) groups is 1. The number of rotatable bonds is 6. The Morgan fingerprint density at radius 2 is 2.14 bits per heavy atom. The van der Waals surface area contributed by atoms with Crippen LogP contribution in [0.2, 0.25) is 0 Å². The standard InChI is InChI=1S/C16H24N2O2.ClH/c1-2-20-15-8-5-13(6-9-15)7-10-16(19)18-14-4-3-11-17-12-14;/h5-6,8-9,14,17H,2-4,7,10-12H2,1H3,(H,18,19);1H. The maximum Gasteiger partial charge on any atom is 0.220 e. The van der Waals surface area contributed by atoms with Gasteiger partial charge in [-0.25, -0.2) is 0 Å². The number of aryl methyl sites for hydroxylation is 1. The minimum absolute atomic E-state index is 0. The molecule has 1 aliphatic rings. The minimum atomic E-state index is 0. The van der Waals surface area contributed by atoms with Crippen molar-refractivity contribution >= 4 is 18.3 Å². The summed E-state index contributed by atoms with van der Waals surface area (Å²) in [6.07, 6.45) is 3.55. The van der Waals surface area contributed by atoms with Crippen LogP contribution in [0.5, 0.6) is 5.75 Å². The molecule has 5 heteroatoms. The lowest BCUT2D eigenvalue weighted by Crippen LogP contribution is -2.45. The topological polar surface area (TPSA) is 50.4 Å². The third kappa shape index (κ3) is 6.36. The van der Waals surface area contributed by atoms with Crippen LogP contribution in [0.25, 0.3) is 0 Å². The van der Waals surface area contributed by atoms with Gasteiger partial charge in [0, 0.05) is 19.0 Å². The Balaban J connectivity index is 0.00000220. The fourth-order valence-corrected chi connectivity index (χ4v) is 2.45. The quantitative estimate of drug-likeness (QED) is 0.847. The predicted octanol–water partition coefficient (Wildman–Crippen LogP) is 2.31. The van der Waals surface area contributed by atoms with Gasteiger partial charge in [0.15, 0.2) is 0 Å². The molecule has 1 saturated heterocycles. The fraction of sp³-hybridized carbons (Fsp3) is 0.562. The number of carbonyl (C=O) groups excluding carboxylic acids is 1. The van der Waals surface area contributed by atoms with Gasteiger partial charge in [0.25, 0.3) is 0 Å². The van der Waals surface area contributed by atoms with Gasteiger partial charge in [-0.15, -0.1) is 12.4 Å². The summed E-state index contributed by atoms with van der Waals surface area (Å²) >= 11 is 0. The second kappa shape index (κ2) is 9.64. The first-order chi connectivity index (χ1) is 9.78. The fourth-order valence-electron chi connectivity index (χ4n) is 2.45. The first-order valence-electron chi connectivity index (χ1n) is 7.49. The van der Waals surface area contributed by atoms with Crippen LogP contribution in [0.4, 0.5) is 0 Å². The SMILES string of the molecule is CCOc1ccc(CCC(=O)NC2CCCNC2)cc1.Cl. The van der Waals surface area contributed by atoms with Crippen LogP contribution >= 0.6 is 12.4 Å². The second-order valence-corrected chi connectivity index (χ2v) is 5.19. The van der Waals surface area contributed by atoms with E-state index in [4.69, 9.17) is 4.74 Å². The van der Waals surface area contributed by atoms with Crippen molar-refractivity contribution in [2.24, 2.45) is 0 Å². The normalized spacial score (nSPS) is 17.7. The summed E-state index contributed by atoms with van der Waals surface area (Å²) in [4.78, 5) is 11.9. The lowest BCUT2D eigenvalue weighted by Gasteiger charge is -2.23. The third-order valence-corrected chi connectivity index (χ3v) is 3.54. The highest BCUT2D eigenvalue weighted by atomic mass is 35.5. The molecule has 118 valence electrons. The van der Waals surface area contributed by atoms with Gasteiger partial charge in [0.2, 0.25) is 5.91 Å². The Hall–Kier alpha value is -1.26. The molecule has 0 aliphatic carbocycles. The average Bonchev–Trinajstić information content (AvgIpc) is 2.48. The zero-order valence-corrected chi connectivity index (χ0v) is 13.4. The molecular formula is C16H25ClN2O2. The molecule has 0 saturated carbocycles. The molecule has 1 fully saturated rings. The molecular weight excluding hydrogens is 288 g/mol. The summed E-state index contributed by atoms with van der Waals surface area (Å²) < 4.78 is 5.40. The van der Waals surface area contributed by atoms with Gasteiger partial charge in [-0.05, 0) is 50.4 Å². The van der Waals surface area contributed by atoms with Gasteiger partial charge in [0.05, 0.1) is 6.61 Å². The Bertz CT molecular complexity index is 417. The van der Waals surface area contributed by atoms with Gasteiger partial charge < -0.3 is 15.4 Å². The molecule has 0 aromatic heterocycles. The number of piperidine rings is 1. The van der Waals surface area contributed by atoms with Crippen molar-refractivity contribution in [3.63, 3.8) is 0 Å². The smallest absolute Gasteiger partial charge is 0.220 e. The summed E-state index contributed by atoms with van der Waals surface area (Å²) in [5.41, 5.74) is 1.17. The molecule has 1 amide bonds. The number of nitrogens with one attached hydrogen (secondary N) is 2. The van der Waals surface area contributed by atoms with Crippen molar-refractivity contribution in [3.05, 3.63) is 29.8 Å². The molecule has 21 heavy (non-hydrogen) atoms. The zero-order valence-electron chi connectivity index (χ0n) is 12.6. The number of halogens is 1. The number of amides is 1. The van der Waals surface area contributed by atoms with Crippen LogP contribution in [0.1, 0.15) is 31.7 Å². The molecule has 1 aromatic carbocycles. The molecule has 1 aromatic rings. The van der Waals surface area contributed by atoms with Gasteiger partial charge in [-0.3, -0.25) is 4.79 Å². The monoisotopic (exact) mass is 312 g/mol. The summed E-state index contributed by atoms with van der Waals surface area (Å²) in [7, 11) is 0. The van der Waals surface area contributed by atoms with E-state index in [1.165, 1.54) is 5.56 Å². The summed E-state index contributed by atoms with van der Waals surface area (Å²) in [5, 5.41) is 6.40. The van der Waals surface area contributed by atoms with Gasteiger partial charge in [0.1, 0.15) is 5.75 Å².